The van der Waals surface area contributed by atoms with Gasteiger partial charge in [-0.3, -0.25) is 29.8 Å². The van der Waals surface area contributed by atoms with E-state index in [1.54, 1.807) is 0 Å². The van der Waals surface area contributed by atoms with E-state index < -0.39 is 65.1 Å². The molecule has 0 aromatic heterocycles. The predicted molar refractivity (Wildman–Crippen MR) is 154 cm³/mol. The first kappa shape index (κ1) is 31.3. The number of nitrogens with zero attached hydrogens (tertiary/aromatic N) is 2. The van der Waals surface area contributed by atoms with Gasteiger partial charge < -0.3 is 14.8 Å². The van der Waals surface area contributed by atoms with Crippen LogP contribution in [0.5, 0.6) is 0 Å². The highest BCUT2D eigenvalue weighted by molar-refractivity contribution is 6.76. The molecule has 0 saturated carbocycles. The molecule has 0 unspecified atom stereocenters. The summed E-state index contributed by atoms with van der Waals surface area (Å²) in [6, 6.07) is 14.6. The van der Waals surface area contributed by atoms with Gasteiger partial charge in [0.1, 0.15) is 5.56 Å². The maximum absolute atomic E-state index is 12.7. The maximum atomic E-state index is 12.7. The van der Waals surface area contributed by atoms with Crippen LogP contribution in [0.15, 0.2) is 66.7 Å². The summed E-state index contributed by atoms with van der Waals surface area (Å²) >= 11 is 0. The van der Waals surface area contributed by atoms with Crippen molar-refractivity contribution in [3.8, 4) is 0 Å². The van der Waals surface area contributed by atoms with Gasteiger partial charge in [-0.15, -0.1) is 0 Å². The number of carbonyl (C=O) groups excluding carboxylic acids is 4. The minimum absolute atomic E-state index is 0.0183. The molecule has 0 aliphatic rings. The Balaban J connectivity index is 1.59. The van der Waals surface area contributed by atoms with E-state index in [1.165, 1.54) is 48.5 Å². The van der Waals surface area contributed by atoms with Gasteiger partial charge in [0.15, 0.2) is 12.4 Å². The number of nitro benzene ring substituents is 2. The second kappa shape index (κ2) is 13.4. The summed E-state index contributed by atoms with van der Waals surface area (Å²) in [6.07, 6.45) is 0. The standard InChI is InChI=1S/C28H27N3O10Si/c1-42(2,3)14-13-40-27(34)19-9-7-18(8-10-19)25(32)17-41-28(35)20-5-4-6-21(15-20)29-26(33)23-12-11-22(30(36)37)16-24(23)31(38)39/h4-12,15-16H,13-14,17H2,1-3H3,(H,29,33). The Hall–Kier alpha value is -5.24. The molecule has 0 aliphatic heterocycles. The van der Waals surface area contributed by atoms with Crippen molar-refractivity contribution in [1.29, 1.82) is 0 Å². The Kier molecular flexibility index (Phi) is 9.99. The lowest BCUT2D eigenvalue weighted by Crippen LogP contribution is -2.22. The van der Waals surface area contributed by atoms with Crippen molar-refractivity contribution in [3.05, 3.63) is 109 Å². The van der Waals surface area contributed by atoms with Gasteiger partial charge in [-0.05, 0) is 42.4 Å². The number of rotatable bonds is 12. The number of Topliss-reactive ketones (excluding diaryl/α,β-unsaturated/α-hetero) is 1. The van der Waals surface area contributed by atoms with Crippen molar-refractivity contribution in [2.45, 2.75) is 25.7 Å². The molecule has 218 valence electrons. The van der Waals surface area contributed by atoms with Gasteiger partial charge in [0, 0.05) is 25.4 Å². The molecule has 14 heteroatoms. The molecular weight excluding hydrogens is 566 g/mol. The van der Waals surface area contributed by atoms with Crippen LogP contribution < -0.4 is 5.32 Å². The molecule has 3 aromatic carbocycles. The number of ketones is 1. The van der Waals surface area contributed by atoms with Gasteiger partial charge in [0.2, 0.25) is 0 Å². The second-order valence-electron chi connectivity index (χ2n) is 10.3. The molecule has 0 saturated heterocycles. The van der Waals surface area contributed by atoms with Gasteiger partial charge in [0.05, 0.1) is 33.6 Å². The van der Waals surface area contributed by atoms with Crippen molar-refractivity contribution in [2.24, 2.45) is 0 Å². The summed E-state index contributed by atoms with van der Waals surface area (Å²) in [4.78, 5) is 70.4. The number of anilines is 1. The Morgan fingerprint density at radius 2 is 1.43 bits per heavy atom. The van der Waals surface area contributed by atoms with Gasteiger partial charge in [-0.2, -0.15) is 0 Å². The number of benzene rings is 3. The molecule has 0 aliphatic carbocycles. The van der Waals surface area contributed by atoms with Crippen LogP contribution in [0.3, 0.4) is 0 Å². The van der Waals surface area contributed by atoms with Crippen LogP contribution >= 0.6 is 0 Å². The van der Waals surface area contributed by atoms with Crippen molar-refractivity contribution < 1.29 is 38.5 Å². The zero-order valence-electron chi connectivity index (χ0n) is 22.9. The largest absolute Gasteiger partial charge is 0.462 e. The molecule has 0 bridgehead atoms. The molecule has 0 fully saturated rings. The molecule has 0 heterocycles. The van der Waals surface area contributed by atoms with E-state index in [-0.39, 0.29) is 22.4 Å². The first-order chi connectivity index (χ1) is 19.7. The fourth-order valence-corrected chi connectivity index (χ4v) is 4.24. The number of amides is 1. The normalized spacial score (nSPS) is 10.8. The van der Waals surface area contributed by atoms with Gasteiger partial charge in [-0.1, -0.05) is 37.8 Å². The first-order valence-electron chi connectivity index (χ1n) is 12.6. The van der Waals surface area contributed by atoms with Crippen LogP contribution in [-0.4, -0.2) is 54.8 Å². The van der Waals surface area contributed by atoms with Crippen LogP contribution in [0.2, 0.25) is 25.7 Å². The third-order valence-electron chi connectivity index (χ3n) is 5.85. The molecule has 3 aromatic rings. The van der Waals surface area contributed by atoms with E-state index in [0.29, 0.717) is 12.7 Å². The highest BCUT2D eigenvalue weighted by Gasteiger charge is 2.24. The highest BCUT2D eigenvalue weighted by Crippen LogP contribution is 2.26. The fourth-order valence-electron chi connectivity index (χ4n) is 3.52. The number of nitro groups is 2. The maximum Gasteiger partial charge on any atom is 0.338 e. The molecule has 0 atom stereocenters. The average Bonchev–Trinajstić information content (AvgIpc) is 2.94. The van der Waals surface area contributed by atoms with Crippen LogP contribution in [-0.2, 0) is 9.47 Å². The number of hydrogen-bond acceptors (Lipinski definition) is 10. The van der Waals surface area contributed by atoms with E-state index in [2.05, 4.69) is 25.0 Å². The number of ether oxygens (including phenoxy) is 2. The quantitative estimate of drug-likeness (QED) is 0.0951. The van der Waals surface area contributed by atoms with E-state index in [0.717, 1.165) is 18.2 Å². The van der Waals surface area contributed by atoms with E-state index in [9.17, 15) is 39.4 Å². The molecule has 13 nitrogen and oxygen atoms in total. The molecular formula is C28H27N3O10Si. The lowest BCUT2D eigenvalue weighted by molar-refractivity contribution is -0.394. The lowest BCUT2D eigenvalue weighted by atomic mass is 10.1. The third-order valence-corrected chi connectivity index (χ3v) is 7.56. The number of esters is 2. The molecule has 0 radical (unpaired) electrons. The molecule has 3 rings (SSSR count). The highest BCUT2D eigenvalue weighted by atomic mass is 28.3. The summed E-state index contributed by atoms with van der Waals surface area (Å²) in [6.45, 7) is 6.24. The number of carbonyl (C=O) groups is 4. The third kappa shape index (κ3) is 8.63. The predicted octanol–water partition coefficient (Wildman–Crippen LogP) is 5.29. The summed E-state index contributed by atoms with van der Waals surface area (Å²) in [5, 5.41) is 24.7. The second-order valence-corrected chi connectivity index (χ2v) is 15.9. The Morgan fingerprint density at radius 3 is 2.05 bits per heavy atom. The SMILES string of the molecule is C[Si](C)(C)CCOC(=O)c1ccc(C(=O)COC(=O)c2cccc(NC(=O)c3ccc([N+](=O)[O-])cc3[N+](=O)[O-])c2)cc1. The zero-order chi connectivity index (χ0) is 31.0. The smallest absolute Gasteiger partial charge is 0.338 e. The lowest BCUT2D eigenvalue weighted by Gasteiger charge is -2.15. The number of non-ortho nitro benzene ring substituents is 1. The van der Waals surface area contributed by atoms with E-state index in [4.69, 9.17) is 9.47 Å². The van der Waals surface area contributed by atoms with E-state index in [1.807, 2.05) is 0 Å². The fraction of sp³-hybridized carbons (Fsp3) is 0.214. The van der Waals surface area contributed by atoms with Gasteiger partial charge >= 0.3 is 11.9 Å². The van der Waals surface area contributed by atoms with Crippen molar-refractivity contribution in [3.63, 3.8) is 0 Å². The van der Waals surface area contributed by atoms with E-state index >= 15 is 0 Å². The number of hydrogen-bond donors (Lipinski definition) is 1. The van der Waals surface area contributed by atoms with Crippen LogP contribution in [0.25, 0.3) is 0 Å². The topological polar surface area (TPSA) is 185 Å². The average molecular weight is 594 g/mol. The zero-order valence-corrected chi connectivity index (χ0v) is 23.9. The Bertz CT molecular complexity index is 1550. The molecule has 42 heavy (non-hydrogen) atoms. The molecule has 0 spiro atoms. The van der Waals surface area contributed by atoms with Gasteiger partial charge in [0.25, 0.3) is 17.3 Å². The summed E-state index contributed by atoms with van der Waals surface area (Å²) < 4.78 is 10.4. The monoisotopic (exact) mass is 593 g/mol. The number of nitrogens with one attached hydrogen (secondary N) is 1. The Labute approximate surface area is 240 Å². The minimum atomic E-state index is -1.35. The van der Waals surface area contributed by atoms with Gasteiger partial charge in [-0.25, -0.2) is 9.59 Å². The van der Waals surface area contributed by atoms with Crippen molar-refractivity contribution in [1.82, 2.24) is 0 Å². The minimum Gasteiger partial charge on any atom is -0.462 e. The van der Waals surface area contributed by atoms with Crippen LogP contribution in [0.1, 0.15) is 41.4 Å². The molecule has 1 amide bonds. The Morgan fingerprint density at radius 1 is 0.786 bits per heavy atom. The van der Waals surface area contributed by atoms with Crippen molar-refractivity contribution >= 4 is 48.8 Å². The summed E-state index contributed by atoms with van der Waals surface area (Å²) in [7, 11) is -1.35. The van der Waals surface area contributed by atoms with Crippen LogP contribution in [0, 0.1) is 20.2 Å². The van der Waals surface area contributed by atoms with Crippen LogP contribution in [0.4, 0.5) is 17.1 Å². The summed E-state index contributed by atoms with van der Waals surface area (Å²) in [5.41, 5.74) is -1.17. The molecule has 1 N–H and O–H groups in total. The van der Waals surface area contributed by atoms with Crippen molar-refractivity contribution in [2.75, 3.05) is 18.5 Å². The first-order valence-corrected chi connectivity index (χ1v) is 16.3. The summed E-state index contributed by atoms with van der Waals surface area (Å²) in [5.74, 6) is -2.81.